The number of carbonyl (C=O) groups excluding carboxylic acids is 2. The monoisotopic (exact) mass is 408 g/mol. The van der Waals surface area contributed by atoms with Crippen LogP contribution in [-0.4, -0.2) is 25.0 Å². The summed E-state index contributed by atoms with van der Waals surface area (Å²) in [7, 11) is 1.56. The summed E-state index contributed by atoms with van der Waals surface area (Å²) in [5.41, 5.74) is 1.32. The first-order chi connectivity index (χ1) is 11.9. The van der Waals surface area contributed by atoms with Crippen molar-refractivity contribution in [2.75, 3.05) is 7.05 Å². The Bertz CT molecular complexity index is 783. The third kappa shape index (κ3) is 5.29. The van der Waals surface area contributed by atoms with E-state index in [-0.39, 0.29) is 18.4 Å². The number of nitrogens with one attached hydrogen (secondary N) is 2. The zero-order valence-corrected chi connectivity index (χ0v) is 15.4. The number of carbonyl (C=O) groups is 2. The van der Waals surface area contributed by atoms with Gasteiger partial charge >= 0.3 is 0 Å². The first kappa shape index (κ1) is 18.9. The van der Waals surface area contributed by atoms with Gasteiger partial charge in [-0.15, -0.1) is 0 Å². The predicted molar refractivity (Wildman–Crippen MR) is 95.9 cm³/mol. The van der Waals surface area contributed by atoms with Crippen molar-refractivity contribution in [1.29, 1.82) is 0 Å². The van der Waals surface area contributed by atoms with E-state index >= 15 is 0 Å². The Labute approximate surface area is 153 Å². The Morgan fingerprint density at radius 3 is 2.68 bits per heavy atom. The maximum Gasteiger partial charge on any atom is 0.261 e. The van der Waals surface area contributed by atoms with Crippen molar-refractivity contribution >= 4 is 27.7 Å². The molecule has 2 rings (SSSR count). The fourth-order valence-corrected chi connectivity index (χ4v) is 2.56. The maximum absolute atomic E-state index is 13.1. The Balaban J connectivity index is 1.94. The molecule has 25 heavy (non-hydrogen) atoms. The van der Waals surface area contributed by atoms with Gasteiger partial charge < -0.3 is 15.4 Å². The van der Waals surface area contributed by atoms with Crippen LogP contribution >= 0.6 is 15.9 Å². The van der Waals surface area contributed by atoms with E-state index in [0.29, 0.717) is 15.8 Å². The molecule has 2 aromatic carbocycles. The number of benzene rings is 2. The van der Waals surface area contributed by atoms with Crippen LogP contribution in [0.5, 0.6) is 5.75 Å². The van der Waals surface area contributed by atoms with E-state index in [4.69, 9.17) is 4.74 Å². The minimum atomic E-state index is -0.760. The molecular formula is C18H18BrFN2O3. The molecular weight excluding hydrogens is 391 g/mol. The lowest BCUT2D eigenvalue weighted by atomic mass is 10.1. The Morgan fingerprint density at radius 2 is 2.00 bits per heavy atom. The summed E-state index contributed by atoms with van der Waals surface area (Å²) < 4.78 is 19.0. The van der Waals surface area contributed by atoms with E-state index in [0.717, 1.165) is 5.56 Å². The van der Waals surface area contributed by atoms with Crippen molar-refractivity contribution in [1.82, 2.24) is 10.6 Å². The van der Waals surface area contributed by atoms with E-state index < -0.39 is 11.9 Å². The highest BCUT2D eigenvalue weighted by atomic mass is 79.9. The molecule has 7 heteroatoms. The Morgan fingerprint density at radius 1 is 1.24 bits per heavy atom. The first-order valence-electron chi connectivity index (χ1n) is 7.61. The molecule has 0 aliphatic heterocycles. The standard InChI is InChI=1S/C18H18BrFN2O3/c1-11(25-16-7-6-14(20)9-15(16)19)17(23)22-10-12-4-3-5-13(8-12)18(24)21-2/h3-9,11H,10H2,1-2H3,(H,21,24)(H,22,23)/t11-/m0/s1. The summed E-state index contributed by atoms with van der Waals surface area (Å²) in [6.45, 7) is 1.87. The lowest BCUT2D eigenvalue weighted by molar-refractivity contribution is -0.127. The van der Waals surface area contributed by atoms with Crippen LogP contribution in [0, 0.1) is 5.82 Å². The van der Waals surface area contributed by atoms with E-state index in [1.165, 1.54) is 18.2 Å². The normalized spacial score (nSPS) is 11.5. The smallest absolute Gasteiger partial charge is 0.261 e. The molecule has 132 valence electrons. The van der Waals surface area contributed by atoms with Gasteiger partial charge in [0.25, 0.3) is 11.8 Å². The predicted octanol–water partition coefficient (Wildman–Crippen LogP) is 3.03. The number of hydrogen-bond donors (Lipinski definition) is 2. The zero-order valence-electron chi connectivity index (χ0n) is 13.8. The average Bonchev–Trinajstić information content (AvgIpc) is 2.61. The Kier molecular flexibility index (Phi) is 6.52. The molecule has 0 bridgehead atoms. The first-order valence-corrected chi connectivity index (χ1v) is 8.40. The summed E-state index contributed by atoms with van der Waals surface area (Å²) in [5, 5.41) is 5.30. The summed E-state index contributed by atoms with van der Waals surface area (Å²) in [6.07, 6.45) is -0.760. The van der Waals surface area contributed by atoms with Gasteiger partial charge in [0.1, 0.15) is 11.6 Å². The van der Waals surface area contributed by atoms with Gasteiger partial charge in [0.2, 0.25) is 0 Å². The van der Waals surface area contributed by atoms with Crippen LogP contribution in [0.3, 0.4) is 0 Å². The van der Waals surface area contributed by atoms with Crippen molar-refractivity contribution in [2.24, 2.45) is 0 Å². The summed E-state index contributed by atoms with van der Waals surface area (Å²) in [6, 6.07) is 11.0. The molecule has 0 spiro atoms. The zero-order chi connectivity index (χ0) is 18.4. The second-order valence-corrected chi connectivity index (χ2v) is 6.19. The molecule has 2 aromatic rings. The minimum Gasteiger partial charge on any atom is -0.480 e. The summed E-state index contributed by atoms with van der Waals surface area (Å²) >= 11 is 3.19. The topological polar surface area (TPSA) is 67.4 Å². The molecule has 0 radical (unpaired) electrons. The molecule has 0 aliphatic carbocycles. The fraction of sp³-hybridized carbons (Fsp3) is 0.222. The molecule has 0 aromatic heterocycles. The molecule has 0 fully saturated rings. The van der Waals surface area contributed by atoms with Crippen molar-refractivity contribution in [3.05, 3.63) is 63.9 Å². The van der Waals surface area contributed by atoms with Gasteiger partial charge in [0, 0.05) is 19.2 Å². The molecule has 2 amide bonds. The lowest BCUT2D eigenvalue weighted by Crippen LogP contribution is -2.36. The van der Waals surface area contributed by atoms with Gasteiger partial charge in [-0.25, -0.2) is 4.39 Å². The number of hydrogen-bond acceptors (Lipinski definition) is 3. The highest BCUT2D eigenvalue weighted by Crippen LogP contribution is 2.26. The minimum absolute atomic E-state index is 0.189. The summed E-state index contributed by atoms with van der Waals surface area (Å²) in [5.74, 6) is -0.523. The van der Waals surface area contributed by atoms with Crippen molar-refractivity contribution in [2.45, 2.75) is 19.6 Å². The molecule has 0 unspecified atom stereocenters. The highest BCUT2D eigenvalue weighted by Gasteiger charge is 2.16. The van der Waals surface area contributed by atoms with Crippen LogP contribution in [0.25, 0.3) is 0 Å². The number of rotatable bonds is 6. The van der Waals surface area contributed by atoms with Crippen LogP contribution in [0.1, 0.15) is 22.8 Å². The second kappa shape index (κ2) is 8.62. The molecule has 0 saturated carbocycles. The van der Waals surface area contributed by atoms with Gasteiger partial charge in [-0.1, -0.05) is 12.1 Å². The van der Waals surface area contributed by atoms with E-state index in [1.54, 1.807) is 32.2 Å². The average molecular weight is 409 g/mol. The van der Waals surface area contributed by atoms with Crippen LogP contribution in [-0.2, 0) is 11.3 Å². The van der Waals surface area contributed by atoms with Crippen LogP contribution < -0.4 is 15.4 Å². The molecule has 0 aliphatic rings. The van der Waals surface area contributed by atoms with E-state index in [9.17, 15) is 14.0 Å². The van der Waals surface area contributed by atoms with Gasteiger partial charge in [0.05, 0.1) is 4.47 Å². The Hall–Kier alpha value is -2.41. The molecule has 0 saturated heterocycles. The van der Waals surface area contributed by atoms with Gasteiger partial charge in [-0.05, 0) is 58.7 Å². The van der Waals surface area contributed by atoms with Crippen molar-refractivity contribution in [3.63, 3.8) is 0 Å². The number of ether oxygens (including phenoxy) is 1. The van der Waals surface area contributed by atoms with Gasteiger partial charge in [-0.3, -0.25) is 9.59 Å². The second-order valence-electron chi connectivity index (χ2n) is 5.33. The summed E-state index contributed by atoms with van der Waals surface area (Å²) in [4.78, 5) is 23.8. The molecule has 0 heterocycles. The van der Waals surface area contributed by atoms with Gasteiger partial charge in [0.15, 0.2) is 6.10 Å². The molecule has 1 atom stereocenters. The third-order valence-corrected chi connectivity index (χ3v) is 4.07. The quantitative estimate of drug-likeness (QED) is 0.771. The fourth-order valence-electron chi connectivity index (χ4n) is 2.11. The number of halogens is 2. The van der Waals surface area contributed by atoms with Crippen LogP contribution in [0.2, 0.25) is 0 Å². The third-order valence-electron chi connectivity index (χ3n) is 3.45. The van der Waals surface area contributed by atoms with Gasteiger partial charge in [-0.2, -0.15) is 0 Å². The maximum atomic E-state index is 13.1. The SMILES string of the molecule is CNC(=O)c1cccc(CNC(=O)[C@H](C)Oc2ccc(F)cc2Br)c1. The van der Waals surface area contributed by atoms with E-state index in [2.05, 4.69) is 26.6 Å². The molecule has 5 nitrogen and oxygen atoms in total. The van der Waals surface area contributed by atoms with Crippen LogP contribution in [0.4, 0.5) is 4.39 Å². The van der Waals surface area contributed by atoms with E-state index in [1.807, 2.05) is 6.07 Å². The lowest BCUT2D eigenvalue weighted by Gasteiger charge is -2.16. The highest BCUT2D eigenvalue weighted by molar-refractivity contribution is 9.10. The number of amides is 2. The van der Waals surface area contributed by atoms with Crippen molar-refractivity contribution < 1.29 is 18.7 Å². The van der Waals surface area contributed by atoms with Crippen LogP contribution in [0.15, 0.2) is 46.9 Å². The molecule has 2 N–H and O–H groups in total. The van der Waals surface area contributed by atoms with Crippen molar-refractivity contribution in [3.8, 4) is 5.75 Å². The largest absolute Gasteiger partial charge is 0.480 e.